The molecule has 0 radical (unpaired) electrons. The molecular weight excluding hydrogens is 287 g/mol. The molecule has 0 spiro atoms. The molecule has 1 aromatic carbocycles. The maximum absolute atomic E-state index is 12.3. The van der Waals surface area contributed by atoms with E-state index in [1.807, 2.05) is 26.0 Å². The molecule has 1 N–H and O–H groups in total. The highest BCUT2D eigenvalue weighted by atomic mass is 35.5. The number of aryl methyl sites for hydroxylation is 1. The molecule has 0 bridgehead atoms. The first-order chi connectivity index (χ1) is 9.33. The van der Waals surface area contributed by atoms with E-state index in [9.17, 15) is 13.2 Å². The molecule has 5 heteroatoms. The van der Waals surface area contributed by atoms with Crippen molar-refractivity contribution in [3.63, 3.8) is 0 Å². The number of alkyl halides is 3. The third-order valence-corrected chi connectivity index (χ3v) is 3.44. The summed E-state index contributed by atoms with van der Waals surface area (Å²) in [5.41, 5.74) is 2.04. The number of rotatable bonds is 7. The number of halogens is 4. The zero-order chi connectivity index (χ0) is 15.2. The van der Waals surface area contributed by atoms with E-state index >= 15 is 0 Å². The van der Waals surface area contributed by atoms with Gasteiger partial charge in [-0.2, -0.15) is 13.2 Å². The van der Waals surface area contributed by atoms with Crippen LogP contribution in [0.15, 0.2) is 18.2 Å². The van der Waals surface area contributed by atoms with Crippen LogP contribution in [-0.4, -0.2) is 12.7 Å². The van der Waals surface area contributed by atoms with Crippen molar-refractivity contribution in [1.82, 2.24) is 5.32 Å². The quantitative estimate of drug-likeness (QED) is 0.709. The Morgan fingerprint density at radius 3 is 2.55 bits per heavy atom. The van der Waals surface area contributed by atoms with Crippen LogP contribution in [0.2, 0.25) is 5.02 Å². The summed E-state index contributed by atoms with van der Waals surface area (Å²) in [5.74, 6) is 0. The molecule has 0 saturated carbocycles. The summed E-state index contributed by atoms with van der Waals surface area (Å²) in [6.45, 7) is 4.76. The van der Waals surface area contributed by atoms with Crippen LogP contribution in [0, 0.1) is 6.92 Å². The van der Waals surface area contributed by atoms with E-state index in [1.54, 1.807) is 6.07 Å². The van der Waals surface area contributed by atoms with E-state index in [4.69, 9.17) is 11.6 Å². The number of hydrogen-bond acceptors (Lipinski definition) is 1. The Morgan fingerprint density at radius 2 is 2.00 bits per heavy atom. The summed E-state index contributed by atoms with van der Waals surface area (Å²) < 4.78 is 36.8. The lowest BCUT2D eigenvalue weighted by Crippen LogP contribution is -2.23. The van der Waals surface area contributed by atoms with Gasteiger partial charge in [0.25, 0.3) is 0 Å². The summed E-state index contributed by atoms with van der Waals surface area (Å²) >= 11 is 5.92. The zero-order valence-corrected chi connectivity index (χ0v) is 12.6. The van der Waals surface area contributed by atoms with Gasteiger partial charge in [-0.1, -0.05) is 24.6 Å². The second-order valence-corrected chi connectivity index (χ2v) is 5.45. The smallest absolute Gasteiger partial charge is 0.310 e. The summed E-state index contributed by atoms with van der Waals surface area (Å²) in [6, 6.07) is 5.49. The molecule has 0 aliphatic heterocycles. The fraction of sp³-hybridized carbons (Fsp3) is 0.600. The Bertz CT molecular complexity index is 418. The topological polar surface area (TPSA) is 12.0 Å². The summed E-state index contributed by atoms with van der Waals surface area (Å²) in [5, 5.41) is 3.97. The highest BCUT2D eigenvalue weighted by Gasteiger charge is 2.27. The van der Waals surface area contributed by atoms with E-state index in [0.717, 1.165) is 24.1 Å². The lowest BCUT2D eigenvalue weighted by Gasteiger charge is -2.21. The molecule has 1 aromatic rings. The van der Waals surface area contributed by atoms with Gasteiger partial charge in [0.05, 0.1) is 0 Å². The van der Waals surface area contributed by atoms with Crippen LogP contribution >= 0.6 is 11.6 Å². The third kappa shape index (κ3) is 6.14. The zero-order valence-electron chi connectivity index (χ0n) is 11.9. The minimum Gasteiger partial charge on any atom is -0.310 e. The van der Waals surface area contributed by atoms with E-state index in [0.29, 0.717) is 11.4 Å². The van der Waals surface area contributed by atoms with Crippen LogP contribution in [-0.2, 0) is 0 Å². The van der Waals surface area contributed by atoms with E-state index in [2.05, 4.69) is 5.32 Å². The maximum Gasteiger partial charge on any atom is 0.389 e. The maximum atomic E-state index is 12.3. The summed E-state index contributed by atoms with van der Waals surface area (Å²) in [7, 11) is 0. The second kappa shape index (κ2) is 7.89. The second-order valence-electron chi connectivity index (χ2n) is 5.02. The summed E-state index contributed by atoms with van der Waals surface area (Å²) in [4.78, 5) is 0. The van der Waals surface area contributed by atoms with Crippen LogP contribution < -0.4 is 5.32 Å². The molecule has 1 unspecified atom stereocenters. The average molecular weight is 308 g/mol. The van der Waals surface area contributed by atoms with Crippen LogP contribution in [0.5, 0.6) is 0 Å². The van der Waals surface area contributed by atoms with Gasteiger partial charge in [0.2, 0.25) is 0 Å². The molecule has 0 amide bonds. The first-order valence-electron chi connectivity index (χ1n) is 6.89. The Balaban J connectivity index is 2.72. The van der Waals surface area contributed by atoms with Crippen molar-refractivity contribution >= 4 is 11.6 Å². The van der Waals surface area contributed by atoms with Gasteiger partial charge in [0, 0.05) is 17.5 Å². The van der Waals surface area contributed by atoms with Gasteiger partial charge < -0.3 is 5.32 Å². The highest BCUT2D eigenvalue weighted by molar-refractivity contribution is 6.30. The van der Waals surface area contributed by atoms with Gasteiger partial charge in [0.15, 0.2) is 0 Å². The largest absolute Gasteiger partial charge is 0.389 e. The molecule has 0 heterocycles. The molecule has 0 aromatic heterocycles. The Kier molecular flexibility index (Phi) is 6.83. The normalized spacial score (nSPS) is 13.5. The van der Waals surface area contributed by atoms with Crippen LogP contribution in [0.25, 0.3) is 0 Å². The van der Waals surface area contributed by atoms with Gasteiger partial charge in [0.1, 0.15) is 0 Å². The number of hydrogen-bond donors (Lipinski definition) is 1. The van der Waals surface area contributed by atoms with Crippen molar-refractivity contribution in [3.05, 3.63) is 34.3 Å². The van der Waals surface area contributed by atoms with E-state index < -0.39 is 12.6 Å². The molecule has 0 aliphatic carbocycles. The molecule has 20 heavy (non-hydrogen) atoms. The summed E-state index contributed by atoms with van der Waals surface area (Å²) in [6.07, 6.45) is -3.26. The lowest BCUT2D eigenvalue weighted by atomic mass is 9.96. The third-order valence-electron chi connectivity index (χ3n) is 3.20. The van der Waals surface area contributed by atoms with Crippen molar-refractivity contribution in [3.8, 4) is 0 Å². The lowest BCUT2D eigenvalue weighted by molar-refractivity contribution is -0.135. The number of nitrogens with one attached hydrogen (secondary N) is 1. The molecule has 1 atom stereocenters. The van der Waals surface area contributed by atoms with Gasteiger partial charge >= 0.3 is 6.18 Å². The molecule has 1 nitrogen and oxygen atoms in total. The Hall–Kier alpha value is -0.740. The molecule has 0 fully saturated rings. The first-order valence-corrected chi connectivity index (χ1v) is 7.27. The fourth-order valence-corrected chi connectivity index (χ4v) is 2.45. The average Bonchev–Trinajstić information content (AvgIpc) is 2.33. The minimum absolute atomic E-state index is 0.0467. The van der Waals surface area contributed by atoms with E-state index in [1.165, 1.54) is 0 Å². The Morgan fingerprint density at radius 1 is 1.30 bits per heavy atom. The predicted octanol–water partition coefficient (Wildman–Crippen LogP) is 5.42. The van der Waals surface area contributed by atoms with E-state index in [-0.39, 0.29) is 12.5 Å². The van der Waals surface area contributed by atoms with Crippen LogP contribution in [0.1, 0.15) is 49.8 Å². The van der Waals surface area contributed by atoms with Gasteiger partial charge in [-0.05, 0) is 56.0 Å². The fourth-order valence-electron chi connectivity index (χ4n) is 2.22. The SMILES string of the molecule is CCCNC(CCCC(F)(F)F)c1ccc(Cl)cc1C. The predicted molar refractivity (Wildman–Crippen MR) is 77.1 cm³/mol. The Labute approximate surface area is 123 Å². The van der Waals surface area contributed by atoms with Crippen LogP contribution in [0.4, 0.5) is 13.2 Å². The van der Waals surface area contributed by atoms with Crippen LogP contribution in [0.3, 0.4) is 0 Å². The van der Waals surface area contributed by atoms with Gasteiger partial charge in [-0.3, -0.25) is 0 Å². The standard InChI is InChI=1S/C15H21ClF3N/c1-3-9-20-14(5-4-8-15(17,18)19)13-7-6-12(16)10-11(13)2/h6-7,10,14,20H,3-5,8-9H2,1-2H3. The van der Waals surface area contributed by atoms with Crippen molar-refractivity contribution in [2.45, 2.75) is 51.7 Å². The molecule has 1 rings (SSSR count). The number of benzene rings is 1. The van der Waals surface area contributed by atoms with Crippen molar-refractivity contribution in [1.29, 1.82) is 0 Å². The van der Waals surface area contributed by atoms with Gasteiger partial charge in [-0.25, -0.2) is 0 Å². The minimum atomic E-state index is -4.08. The molecule has 0 saturated heterocycles. The molecule has 0 aliphatic rings. The van der Waals surface area contributed by atoms with Crippen molar-refractivity contribution in [2.75, 3.05) is 6.54 Å². The van der Waals surface area contributed by atoms with Gasteiger partial charge in [-0.15, -0.1) is 0 Å². The highest BCUT2D eigenvalue weighted by Crippen LogP contribution is 2.28. The monoisotopic (exact) mass is 307 g/mol. The van der Waals surface area contributed by atoms with Crippen molar-refractivity contribution < 1.29 is 13.2 Å². The first kappa shape index (κ1) is 17.3. The molecule has 114 valence electrons. The molecular formula is C15H21ClF3N. The van der Waals surface area contributed by atoms with Crippen molar-refractivity contribution in [2.24, 2.45) is 0 Å².